The molecule has 0 aliphatic carbocycles. The van der Waals surface area contributed by atoms with Crippen molar-refractivity contribution in [3.05, 3.63) is 58.2 Å². The number of benzene rings is 2. The minimum Gasteiger partial charge on any atom is -0.493 e. The highest BCUT2D eigenvalue weighted by molar-refractivity contribution is 9.10. The van der Waals surface area contributed by atoms with Crippen molar-refractivity contribution in [3.63, 3.8) is 0 Å². The van der Waals surface area contributed by atoms with E-state index in [1.54, 1.807) is 0 Å². The van der Waals surface area contributed by atoms with Gasteiger partial charge >= 0.3 is 0 Å². The Morgan fingerprint density at radius 3 is 2.78 bits per heavy atom. The molecule has 3 aromatic rings. The topological polar surface area (TPSA) is 66.5 Å². The average molecular weight is 431 g/mol. The van der Waals surface area contributed by atoms with E-state index in [2.05, 4.69) is 15.9 Å². The monoisotopic (exact) mass is 430 g/mol. The minimum atomic E-state index is -0.355. The number of aryl methyl sites for hydroxylation is 2. The van der Waals surface area contributed by atoms with Crippen LogP contribution in [0.25, 0.3) is 10.9 Å². The molecule has 0 bridgehead atoms. The Morgan fingerprint density at radius 2 is 2.04 bits per heavy atom. The van der Waals surface area contributed by atoms with Gasteiger partial charge in [0, 0.05) is 34.4 Å². The standard InChI is InChI=1S/C21H23BrN2O3/c1-14(27-13-25)16-12-24(2)21-17(22)9-10-19(20(16)21)26-11-5-7-15-6-3-4-8-18(15)23/h3-4,6,8-10,12-14H,5,7,11,23H2,1-2H3/t14-/m0/s1. The van der Waals surface area contributed by atoms with Crippen molar-refractivity contribution in [2.45, 2.75) is 25.9 Å². The van der Waals surface area contributed by atoms with E-state index in [0.29, 0.717) is 13.1 Å². The first-order valence-electron chi connectivity index (χ1n) is 8.85. The van der Waals surface area contributed by atoms with Crippen LogP contribution in [0.1, 0.15) is 30.6 Å². The molecule has 0 saturated carbocycles. The molecule has 0 aliphatic heterocycles. The second-order valence-electron chi connectivity index (χ2n) is 6.49. The van der Waals surface area contributed by atoms with Crippen LogP contribution in [0.3, 0.4) is 0 Å². The van der Waals surface area contributed by atoms with Gasteiger partial charge in [-0.3, -0.25) is 4.79 Å². The van der Waals surface area contributed by atoms with Crippen molar-refractivity contribution in [1.82, 2.24) is 4.57 Å². The molecule has 142 valence electrons. The number of hydrogen-bond donors (Lipinski definition) is 1. The van der Waals surface area contributed by atoms with Gasteiger partial charge in [0.2, 0.25) is 0 Å². The Labute approximate surface area is 167 Å². The number of carbonyl (C=O) groups excluding carboxylic acids is 1. The van der Waals surface area contributed by atoms with Crippen LogP contribution in [0.4, 0.5) is 5.69 Å². The van der Waals surface area contributed by atoms with Gasteiger partial charge in [0.05, 0.1) is 12.1 Å². The summed E-state index contributed by atoms with van der Waals surface area (Å²) in [6.45, 7) is 2.90. The molecule has 3 rings (SSSR count). The molecule has 1 heterocycles. The van der Waals surface area contributed by atoms with E-state index in [-0.39, 0.29) is 6.10 Å². The van der Waals surface area contributed by atoms with Crippen LogP contribution in [0, 0.1) is 0 Å². The van der Waals surface area contributed by atoms with Crippen molar-refractivity contribution in [2.75, 3.05) is 12.3 Å². The summed E-state index contributed by atoms with van der Waals surface area (Å²) in [6.07, 6.45) is 3.33. The number of nitrogen functional groups attached to an aromatic ring is 1. The third-order valence-corrected chi connectivity index (χ3v) is 5.31. The van der Waals surface area contributed by atoms with Gasteiger partial charge in [0.25, 0.3) is 6.47 Å². The third-order valence-electron chi connectivity index (χ3n) is 4.67. The van der Waals surface area contributed by atoms with E-state index >= 15 is 0 Å². The third kappa shape index (κ3) is 4.11. The number of rotatable bonds is 8. The predicted octanol–water partition coefficient (Wildman–Crippen LogP) is 4.77. The molecule has 5 nitrogen and oxygen atoms in total. The molecule has 6 heteroatoms. The van der Waals surface area contributed by atoms with Gasteiger partial charge in [-0.1, -0.05) is 18.2 Å². The maximum atomic E-state index is 10.8. The van der Waals surface area contributed by atoms with E-state index in [1.807, 2.05) is 61.1 Å². The molecule has 2 N–H and O–H groups in total. The Kier molecular flexibility index (Phi) is 6.06. The predicted molar refractivity (Wildman–Crippen MR) is 111 cm³/mol. The first-order valence-corrected chi connectivity index (χ1v) is 9.65. The summed E-state index contributed by atoms with van der Waals surface area (Å²) in [5, 5.41) is 0.959. The Morgan fingerprint density at radius 1 is 1.26 bits per heavy atom. The van der Waals surface area contributed by atoms with Crippen molar-refractivity contribution >= 4 is 39.0 Å². The molecule has 0 fully saturated rings. The van der Waals surface area contributed by atoms with Crippen LogP contribution in [-0.4, -0.2) is 17.6 Å². The SMILES string of the molecule is C[C@H](OC=O)c1cn(C)c2c(Br)ccc(OCCCc3ccccc3N)c12. The number of ether oxygens (including phenoxy) is 2. The quantitative estimate of drug-likeness (QED) is 0.317. The Balaban J connectivity index is 1.80. The van der Waals surface area contributed by atoms with Crippen LogP contribution in [0.2, 0.25) is 0 Å². The first kappa shape index (κ1) is 19.3. The number of nitrogens with zero attached hydrogens (tertiary/aromatic N) is 1. The number of para-hydroxylation sites is 1. The van der Waals surface area contributed by atoms with Crippen molar-refractivity contribution < 1.29 is 14.3 Å². The summed E-state index contributed by atoms with van der Waals surface area (Å²) in [4.78, 5) is 10.8. The fourth-order valence-electron chi connectivity index (χ4n) is 3.30. The van der Waals surface area contributed by atoms with Crippen LogP contribution < -0.4 is 10.5 Å². The van der Waals surface area contributed by atoms with Crippen molar-refractivity contribution in [2.24, 2.45) is 7.05 Å². The maximum Gasteiger partial charge on any atom is 0.293 e. The Hall–Kier alpha value is -2.47. The summed E-state index contributed by atoms with van der Waals surface area (Å²) in [7, 11) is 1.96. The summed E-state index contributed by atoms with van der Waals surface area (Å²) in [5.74, 6) is 0.784. The molecule has 0 amide bonds. The van der Waals surface area contributed by atoms with Gasteiger partial charge < -0.3 is 19.8 Å². The van der Waals surface area contributed by atoms with Crippen LogP contribution in [-0.2, 0) is 23.0 Å². The molecule has 0 saturated heterocycles. The van der Waals surface area contributed by atoms with Gasteiger partial charge in [-0.25, -0.2) is 0 Å². The van der Waals surface area contributed by atoms with Gasteiger partial charge in [-0.15, -0.1) is 0 Å². The number of hydrogen-bond acceptors (Lipinski definition) is 4. The molecule has 0 spiro atoms. The summed E-state index contributed by atoms with van der Waals surface area (Å²) >= 11 is 3.60. The van der Waals surface area contributed by atoms with E-state index in [9.17, 15) is 4.79 Å². The zero-order valence-corrected chi connectivity index (χ0v) is 17.0. The Bertz CT molecular complexity index is 952. The zero-order chi connectivity index (χ0) is 19.4. The normalized spacial score (nSPS) is 12.1. The summed E-state index contributed by atoms with van der Waals surface area (Å²) < 4.78 is 14.2. The molecular formula is C21H23BrN2O3. The first-order chi connectivity index (χ1) is 13.0. The number of carbonyl (C=O) groups is 1. The second-order valence-corrected chi connectivity index (χ2v) is 7.34. The van der Waals surface area contributed by atoms with E-state index in [1.165, 1.54) is 0 Å². The summed E-state index contributed by atoms with van der Waals surface area (Å²) in [6, 6.07) is 11.8. The van der Waals surface area contributed by atoms with Crippen LogP contribution in [0.15, 0.2) is 47.1 Å². The molecule has 0 aliphatic rings. The highest BCUT2D eigenvalue weighted by Gasteiger charge is 2.19. The van der Waals surface area contributed by atoms with Gasteiger partial charge in [-0.2, -0.15) is 0 Å². The fourth-order valence-corrected chi connectivity index (χ4v) is 3.91. The lowest BCUT2D eigenvalue weighted by Gasteiger charge is -2.13. The lowest BCUT2D eigenvalue weighted by atomic mass is 10.1. The number of fused-ring (bicyclic) bond motifs is 1. The van der Waals surface area contributed by atoms with E-state index in [4.69, 9.17) is 15.2 Å². The van der Waals surface area contributed by atoms with E-state index < -0.39 is 0 Å². The maximum absolute atomic E-state index is 10.8. The lowest BCUT2D eigenvalue weighted by molar-refractivity contribution is -0.133. The molecule has 1 aromatic heterocycles. The highest BCUT2D eigenvalue weighted by Crippen LogP contribution is 2.38. The number of anilines is 1. The molecule has 27 heavy (non-hydrogen) atoms. The molecule has 2 aromatic carbocycles. The van der Waals surface area contributed by atoms with Crippen molar-refractivity contribution in [3.8, 4) is 5.75 Å². The number of nitrogens with two attached hydrogens (primary N) is 1. The average Bonchev–Trinajstić information content (AvgIpc) is 3.00. The zero-order valence-electron chi connectivity index (χ0n) is 15.4. The lowest BCUT2D eigenvalue weighted by Crippen LogP contribution is -2.03. The van der Waals surface area contributed by atoms with Gasteiger partial charge in [0.15, 0.2) is 0 Å². The van der Waals surface area contributed by atoms with Crippen molar-refractivity contribution in [1.29, 1.82) is 0 Å². The summed E-state index contributed by atoms with van der Waals surface area (Å²) in [5.41, 5.74) is 9.88. The van der Waals surface area contributed by atoms with Crippen LogP contribution in [0.5, 0.6) is 5.75 Å². The molecule has 0 unspecified atom stereocenters. The smallest absolute Gasteiger partial charge is 0.293 e. The van der Waals surface area contributed by atoms with Crippen LogP contribution >= 0.6 is 15.9 Å². The fraction of sp³-hybridized carbons (Fsp3) is 0.286. The second kappa shape index (κ2) is 8.48. The van der Waals surface area contributed by atoms with E-state index in [0.717, 1.165) is 50.8 Å². The highest BCUT2D eigenvalue weighted by atomic mass is 79.9. The minimum absolute atomic E-state index is 0.355. The van der Waals surface area contributed by atoms with Gasteiger partial charge in [0.1, 0.15) is 11.9 Å². The molecular weight excluding hydrogens is 408 g/mol. The number of aromatic nitrogens is 1. The van der Waals surface area contributed by atoms with Gasteiger partial charge in [-0.05, 0) is 59.5 Å². The number of halogens is 1. The largest absolute Gasteiger partial charge is 0.493 e. The molecule has 1 atom stereocenters. The molecule has 0 radical (unpaired) electrons.